The van der Waals surface area contributed by atoms with Gasteiger partial charge in [0.15, 0.2) is 9.84 Å². The second-order valence-corrected chi connectivity index (χ2v) is 8.52. The molecular formula is C19H23NO3S. The van der Waals surface area contributed by atoms with Crippen LogP contribution in [0, 0.1) is 5.92 Å². The maximum Gasteiger partial charge on any atom is 0.150 e. The minimum absolute atomic E-state index is 0.226. The molecule has 0 unspecified atom stereocenters. The molecule has 0 amide bonds. The van der Waals surface area contributed by atoms with Crippen LogP contribution >= 0.6 is 0 Å². The van der Waals surface area contributed by atoms with Gasteiger partial charge in [-0.2, -0.15) is 0 Å². The van der Waals surface area contributed by atoms with Crippen LogP contribution in [0.2, 0.25) is 0 Å². The first-order valence-electron chi connectivity index (χ1n) is 8.21. The predicted molar refractivity (Wildman–Crippen MR) is 96.9 cm³/mol. The number of rotatable bonds is 6. The average molecular weight is 345 g/mol. The Kier molecular flexibility index (Phi) is 5.21. The summed E-state index contributed by atoms with van der Waals surface area (Å²) in [5.41, 5.74) is 3.36. The van der Waals surface area contributed by atoms with Crippen molar-refractivity contribution >= 4 is 9.84 Å². The lowest BCUT2D eigenvalue weighted by atomic mass is 10.0. The molecule has 1 atom stereocenters. The van der Waals surface area contributed by atoms with Crippen LogP contribution < -0.4 is 10.1 Å². The molecule has 0 spiro atoms. The van der Waals surface area contributed by atoms with Gasteiger partial charge in [0.2, 0.25) is 0 Å². The summed E-state index contributed by atoms with van der Waals surface area (Å²) in [6, 6.07) is 16.4. The normalized spacial score (nSPS) is 19.3. The lowest BCUT2D eigenvalue weighted by Gasteiger charge is -2.13. The van der Waals surface area contributed by atoms with Crippen LogP contribution in [0.25, 0.3) is 11.1 Å². The van der Waals surface area contributed by atoms with Crippen molar-refractivity contribution in [2.75, 3.05) is 25.2 Å². The van der Waals surface area contributed by atoms with E-state index in [2.05, 4.69) is 29.6 Å². The SMILES string of the molecule is COc1cc(-c2ccccc2)ccc1CNC[C@H]1CCS(=O)(=O)C1. The van der Waals surface area contributed by atoms with E-state index in [0.717, 1.165) is 35.4 Å². The Morgan fingerprint density at radius 2 is 1.92 bits per heavy atom. The number of sulfone groups is 1. The van der Waals surface area contributed by atoms with Gasteiger partial charge in [0.1, 0.15) is 5.75 Å². The summed E-state index contributed by atoms with van der Waals surface area (Å²) in [4.78, 5) is 0. The summed E-state index contributed by atoms with van der Waals surface area (Å²) in [5.74, 6) is 1.71. The van der Waals surface area contributed by atoms with E-state index in [9.17, 15) is 8.42 Å². The van der Waals surface area contributed by atoms with Crippen molar-refractivity contribution in [3.05, 3.63) is 54.1 Å². The van der Waals surface area contributed by atoms with Crippen LogP contribution in [-0.2, 0) is 16.4 Å². The van der Waals surface area contributed by atoms with Gasteiger partial charge in [-0.15, -0.1) is 0 Å². The Hall–Kier alpha value is -1.85. The molecule has 1 saturated heterocycles. The number of benzene rings is 2. The molecule has 0 saturated carbocycles. The zero-order chi connectivity index (χ0) is 17.0. The molecule has 1 aliphatic heterocycles. The van der Waals surface area contributed by atoms with Crippen molar-refractivity contribution in [1.29, 1.82) is 0 Å². The van der Waals surface area contributed by atoms with Gasteiger partial charge in [0, 0.05) is 12.1 Å². The van der Waals surface area contributed by atoms with Crippen molar-refractivity contribution in [3.63, 3.8) is 0 Å². The Bertz CT molecular complexity index is 788. The van der Waals surface area contributed by atoms with Gasteiger partial charge < -0.3 is 10.1 Å². The molecule has 1 fully saturated rings. The van der Waals surface area contributed by atoms with Gasteiger partial charge in [0.05, 0.1) is 18.6 Å². The van der Waals surface area contributed by atoms with Gasteiger partial charge in [-0.25, -0.2) is 8.42 Å². The third-order valence-electron chi connectivity index (χ3n) is 4.47. The van der Waals surface area contributed by atoms with Crippen LogP contribution in [0.4, 0.5) is 0 Å². The summed E-state index contributed by atoms with van der Waals surface area (Å²) < 4.78 is 28.5. The number of methoxy groups -OCH3 is 1. The van der Waals surface area contributed by atoms with Crippen LogP contribution in [0.1, 0.15) is 12.0 Å². The van der Waals surface area contributed by atoms with Crippen LogP contribution in [-0.4, -0.2) is 33.6 Å². The summed E-state index contributed by atoms with van der Waals surface area (Å²) in [5, 5.41) is 3.37. The van der Waals surface area contributed by atoms with Crippen molar-refractivity contribution in [3.8, 4) is 16.9 Å². The zero-order valence-corrected chi connectivity index (χ0v) is 14.7. The summed E-state index contributed by atoms with van der Waals surface area (Å²) >= 11 is 0. The summed E-state index contributed by atoms with van der Waals surface area (Å²) in [6.45, 7) is 1.40. The standard InChI is InChI=1S/C19H23NO3S/c1-23-19-11-17(16-5-3-2-4-6-16)7-8-18(19)13-20-12-15-9-10-24(21,22)14-15/h2-8,11,15,20H,9-10,12-14H2,1H3/t15-/m1/s1. The minimum atomic E-state index is -2.80. The smallest absolute Gasteiger partial charge is 0.150 e. The largest absolute Gasteiger partial charge is 0.496 e. The van der Waals surface area contributed by atoms with Crippen LogP contribution in [0.5, 0.6) is 5.75 Å². The quantitative estimate of drug-likeness (QED) is 0.875. The molecule has 0 aliphatic carbocycles. The molecule has 0 bridgehead atoms. The minimum Gasteiger partial charge on any atom is -0.496 e. The third-order valence-corrected chi connectivity index (χ3v) is 6.31. The topological polar surface area (TPSA) is 55.4 Å². The number of nitrogens with one attached hydrogen (secondary N) is 1. The van der Waals surface area contributed by atoms with Crippen LogP contribution in [0.15, 0.2) is 48.5 Å². The first-order chi connectivity index (χ1) is 11.6. The Balaban J connectivity index is 1.63. The van der Waals surface area contributed by atoms with Gasteiger partial charge in [-0.1, -0.05) is 42.5 Å². The van der Waals surface area contributed by atoms with Crippen molar-refractivity contribution in [2.24, 2.45) is 5.92 Å². The predicted octanol–water partition coefficient (Wildman–Crippen LogP) is 2.89. The first-order valence-corrected chi connectivity index (χ1v) is 10.0. The van der Waals surface area contributed by atoms with E-state index in [4.69, 9.17) is 4.74 Å². The molecule has 1 N–H and O–H groups in total. The molecule has 1 heterocycles. The average Bonchev–Trinajstić information content (AvgIpc) is 2.95. The molecule has 1 aliphatic rings. The maximum atomic E-state index is 11.5. The second kappa shape index (κ2) is 7.36. The van der Waals surface area contributed by atoms with Gasteiger partial charge in [0.25, 0.3) is 0 Å². The summed E-state index contributed by atoms with van der Waals surface area (Å²) in [7, 11) is -1.13. The molecule has 0 aromatic heterocycles. The van der Waals surface area contributed by atoms with Crippen molar-refractivity contribution in [2.45, 2.75) is 13.0 Å². The lowest BCUT2D eigenvalue weighted by molar-refractivity contribution is 0.406. The van der Waals surface area contributed by atoms with E-state index in [1.807, 2.05) is 24.3 Å². The van der Waals surface area contributed by atoms with E-state index in [1.54, 1.807) is 7.11 Å². The van der Waals surface area contributed by atoms with E-state index in [1.165, 1.54) is 0 Å². The van der Waals surface area contributed by atoms with E-state index < -0.39 is 9.84 Å². The molecule has 0 radical (unpaired) electrons. The van der Waals surface area contributed by atoms with E-state index >= 15 is 0 Å². The Morgan fingerprint density at radius 3 is 2.58 bits per heavy atom. The molecule has 24 heavy (non-hydrogen) atoms. The molecule has 128 valence electrons. The highest BCUT2D eigenvalue weighted by atomic mass is 32.2. The van der Waals surface area contributed by atoms with Crippen LogP contribution in [0.3, 0.4) is 0 Å². The molecule has 2 aromatic carbocycles. The monoisotopic (exact) mass is 345 g/mol. The van der Waals surface area contributed by atoms with Gasteiger partial charge >= 0.3 is 0 Å². The highest BCUT2D eigenvalue weighted by Gasteiger charge is 2.27. The molecule has 4 nitrogen and oxygen atoms in total. The van der Waals surface area contributed by atoms with E-state index in [-0.39, 0.29) is 5.92 Å². The lowest BCUT2D eigenvalue weighted by Crippen LogP contribution is -2.23. The fourth-order valence-corrected chi connectivity index (χ4v) is 5.01. The molecular weight excluding hydrogens is 322 g/mol. The Labute approximate surface area is 143 Å². The zero-order valence-electron chi connectivity index (χ0n) is 13.9. The fourth-order valence-electron chi connectivity index (χ4n) is 3.14. The maximum absolute atomic E-state index is 11.5. The van der Waals surface area contributed by atoms with Gasteiger partial charge in [-0.05, 0) is 36.1 Å². The van der Waals surface area contributed by atoms with Gasteiger partial charge in [-0.3, -0.25) is 0 Å². The molecule has 5 heteroatoms. The van der Waals surface area contributed by atoms with Crippen molar-refractivity contribution in [1.82, 2.24) is 5.32 Å². The highest BCUT2D eigenvalue weighted by molar-refractivity contribution is 7.91. The van der Waals surface area contributed by atoms with E-state index in [0.29, 0.717) is 18.1 Å². The highest BCUT2D eigenvalue weighted by Crippen LogP contribution is 2.27. The number of hydrogen-bond donors (Lipinski definition) is 1. The second-order valence-electron chi connectivity index (χ2n) is 6.29. The number of ether oxygens (including phenoxy) is 1. The number of hydrogen-bond acceptors (Lipinski definition) is 4. The molecule has 3 rings (SSSR count). The van der Waals surface area contributed by atoms with Crippen molar-refractivity contribution < 1.29 is 13.2 Å². The third kappa shape index (κ3) is 4.16. The first kappa shape index (κ1) is 17.0. The Morgan fingerprint density at radius 1 is 1.12 bits per heavy atom. The fraction of sp³-hybridized carbons (Fsp3) is 0.368. The summed E-state index contributed by atoms with van der Waals surface area (Å²) in [6.07, 6.45) is 0.763. The molecule has 2 aromatic rings.